The molecule has 1 heterocycles. The SMILES string of the molecule is O=C1C2CC=CCC2C(=O)N1CC(O)c1ccc(F)cc1F. The third-order valence-electron chi connectivity index (χ3n) is 4.28. The number of imide groups is 1. The van der Waals surface area contributed by atoms with E-state index in [2.05, 4.69) is 0 Å². The van der Waals surface area contributed by atoms with Crippen molar-refractivity contribution in [2.45, 2.75) is 18.9 Å². The molecule has 22 heavy (non-hydrogen) atoms. The first-order valence-corrected chi connectivity index (χ1v) is 7.12. The fraction of sp³-hybridized carbons (Fsp3) is 0.375. The highest BCUT2D eigenvalue weighted by atomic mass is 19.1. The number of aliphatic hydroxyl groups excluding tert-OH is 1. The average molecular weight is 307 g/mol. The Kier molecular flexibility index (Phi) is 3.78. The zero-order chi connectivity index (χ0) is 15.9. The number of carbonyl (C=O) groups excluding carboxylic acids is 2. The van der Waals surface area contributed by atoms with E-state index in [1.165, 1.54) is 0 Å². The van der Waals surface area contributed by atoms with E-state index in [1.807, 2.05) is 12.2 Å². The molecule has 2 aliphatic rings. The van der Waals surface area contributed by atoms with E-state index in [0.717, 1.165) is 17.0 Å². The summed E-state index contributed by atoms with van der Waals surface area (Å²) in [4.78, 5) is 25.5. The van der Waals surface area contributed by atoms with Crippen molar-refractivity contribution >= 4 is 11.8 Å². The Bertz CT molecular complexity index is 633. The van der Waals surface area contributed by atoms with Crippen LogP contribution in [0.5, 0.6) is 0 Å². The summed E-state index contributed by atoms with van der Waals surface area (Å²) in [7, 11) is 0. The van der Waals surface area contributed by atoms with Gasteiger partial charge in [0.2, 0.25) is 11.8 Å². The molecule has 0 saturated carbocycles. The van der Waals surface area contributed by atoms with Gasteiger partial charge in [0, 0.05) is 11.6 Å². The van der Waals surface area contributed by atoms with Crippen LogP contribution < -0.4 is 0 Å². The summed E-state index contributed by atoms with van der Waals surface area (Å²) < 4.78 is 26.6. The molecule has 3 unspecified atom stereocenters. The summed E-state index contributed by atoms with van der Waals surface area (Å²) in [5, 5.41) is 10.1. The number of hydrogen-bond acceptors (Lipinski definition) is 3. The number of benzene rings is 1. The summed E-state index contributed by atoms with van der Waals surface area (Å²) in [6.45, 7) is -0.312. The molecule has 116 valence electrons. The van der Waals surface area contributed by atoms with Crippen LogP contribution in [-0.4, -0.2) is 28.4 Å². The Balaban J connectivity index is 1.78. The summed E-state index contributed by atoms with van der Waals surface area (Å²) >= 11 is 0. The second-order valence-corrected chi connectivity index (χ2v) is 5.62. The number of allylic oxidation sites excluding steroid dienone is 2. The number of likely N-dealkylation sites (tertiary alicyclic amines) is 1. The summed E-state index contributed by atoms with van der Waals surface area (Å²) in [5.74, 6) is -3.09. The number of β-amino-alcohol motifs (C(OH)–C–C–N with tert-alkyl or cyclic N) is 1. The van der Waals surface area contributed by atoms with Gasteiger partial charge >= 0.3 is 0 Å². The molecule has 3 atom stereocenters. The minimum atomic E-state index is -1.37. The highest BCUT2D eigenvalue weighted by molar-refractivity contribution is 6.05. The van der Waals surface area contributed by atoms with Crippen LogP contribution in [0.2, 0.25) is 0 Å². The zero-order valence-electron chi connectivity index (χ0n) is 11.7. The van der Waals surface area contributed by atoms with Gasteiger partial charge in [0.05, 0.1) is 24.5 Å². The van der Waals surface area contributed by atoms with Gasteiger partial charge < -0.3 is 5.11 Å². The lowest BCUT2D eigenvalue weighted by atomic mass is 9.85. The average Bonchev–Trinajstić information content (AvgIpc) is 2.73. The molecule has 4 nitrogen and oxygen atoms in total. The van der Waals surface area contributed by atoms with E-state index in [-0.39, 0.29) is 35.8 Å². The minimum Gasteiger partial charge on any atom is -0.386 e. The van der Waals surface area contributed by atoms with Crippen molar-refractivity contribution in [1.29, 1.82) is 0 Å². The van der Waals surface area contributed by atoms with Gasteiger partial charge in [-0.15, -0.1) is 0 Å². The van der Waals surface area contributed by atoms with Crippen molar-refractivity contribution < 1.29 is 23.5 Å². The van der Waals surface area contributed by atoms with Gasteiger partial charge in [-0.05, 0) is 18.9 Å². The molecule has 1 aromatic rings. The molecule has 1 saturated heterocycles. The van der Waals surface area contributed by atoms with Gasteiger partial charge in [-0.2, -0.15) is 0 Å². The monoisotopic (exact) mass is 307 g/mol. The van der Waals surface area contributed by atoms with Crippen molar-refractivity contribution in [2.24, 2.45) is 11.8 Å². The van der Waals surface area contributed by atoms with Gasteiger partial charge in [0.25, 0.3) is 0 Å². The van der Waals surface area contributed by atoms with Gasteiger partial charge in [0.15, 0.2) is 0 Å². The Hall–Kier alpha value is -2.08. The third-order valence-corrected chi connectivity index (χ3v) is 4.28. The number of aliphatic hydroxyl groups is 1. The van der Waals surface area contributed by atoms with Gasteiger partial charge in [0.1, 0.15) is 11.6 Å². The maximum Gasteiger partial charge on any atom is 0.233 e. The first kappa shape index (κ1) is 14.8. The molecule has 0 radical (unpaired) electrons. The molecular weight excluding hydrogens is 292 g/mol. The molecule has 0 aromatic heterocycles. The number of fused-ring (bicyclic) bond motifs is 1. The van der Waals surface area contributed by atoms with Crippen molar-refractivity contribution in [3.63, 3.8) is 0 Å². The van der Waals surface area contributed by atoms with E-state index in [1.54, 1.807) is 0 Å². The predicted octanol–water partition coefficient (Wildman–Crippen LogP) is 1.95. The highest BCUT2D eigenvalue weighted by Crippen LogP contribution is 2.36. The molecule has 0 bridgehead atoms. The molecule has 3 rings (SSSR count). The number of halogens is 2. The fourth-order valence-corrected chi connectivity index (χ4v) is 3.09. The molecule has 2 amide bonds. The van der Waals surface area contributed by atoms with E-state index >= 15 is 0 Å². The highest BCUT2D eigenvalue weighted by Gasteiger charge is 2.47. The first-order valence-electron chi connectivity index (χ1n) is 7.12. The Morgan fingerprint density at radius 1 is 1.14 bits per heavy atom. The van der Waals surface area contributed by atoms with Crippen molar-refractivity contribution in [1.82, 2.24) is 4.90 Å². The molecule has 1 aromatic carbocycles. The number of carbonyl (C=O) groups is 2. The van der Waals surface area contributed by atoms with Crippen LogP contribution in [-0.2, 0) is 9.59 Å². The van der Waals surface area contributed by atoms with E-state index in [4.69, 9.17) is 0 Å². The van der Waals surface area contributed by atoms with Crippen LogP contribution in [0.25, 0.3) is 0 Å². The second kappa shape index (κ2) is 5.61. The summed E-state index contributed by atoms with van der Waals surface area (Å²) in [6.07, 6.45) is 3.37. The Labute approximate surface area is 126 Å². The minimum absolute atomic E-state index is 0.130. The van der Waals surface area contributed by atoms with Gasteiger partial charge in [-0.1, -0.05) is 18.2 Å². The largest absolute Gasteiger partial charge is 0.386 e. The van der Waals surface area contributed by atoms with E-state index < -0.39 is 17.7 Å². The van der Waals surface area contributed by atoms with E-state index in [9.17, 15) is 23.5 Å². The smallest absolute Gasteiger partial charge is 0.233 e. The maximum atomic E-state index is 13.7. The second-order valence-electron chi connectivity index (χ2n) is 5.62. The lowest BCUT2D eigenvalue weighted by molar-refractivity contribution is -0.141. The quantitative estimate of drug-likeness (QED) is 0.686. The van der Waals surface area contributed by atoms with Crippen LogP contribution in [0, 0.1) is 23.5 Å². The van der Waals surface area contributed by atoms with E-state index in [0.29, 0.717) is 18.9 Å². The number of rotatable bonds is 3. The van der Waals surface area contributed by atoms with Crippen LogP contribution in [0.3, 0.4) is 0 Å². The first-order chi connectivity index (χ1) is 10.5. The summed E-state index contributed by atoms with van der Waals surface area (Å²) in [6, 6.07) is 2.81. The molecule has 1 aliphatic carbocycles. The number of amides is 2. The molecule has 1 aliphatic heterocycles. The van der Waals surface area contributed by atoms with Crippen molar-refractivity contribution in [3.05, 3.63) is 47.5 Å². The lowest BCUT2D eigenvalue weighted by Gasteiger charge is -2.19. The summed E-state index contributed by atoms with van der Waals surface area (Å²) in [5.41, 5.74) is -0.130. The lowest BCUT2D eigenvalue weighted by Crippen LogP contribution is -2.35. The standard InChI is InChI=1S/C16H15F2NO3/c17-9-5-6-12(13(18)7-9)14(20)8-19-15(21)10-3-1-2-4-11(10)16(19)22/h1-2,5-7,10-11,14,20H,3-4,8H2. The third kappa shape index (κ3) is 2.43. The van der Waals surface area contributed by atoms with Crippen molar-refractivity contribution in [2.75, 3.05) is 6.54 Å². The van der Waals surface area contributed by atoms with Crippen LogP contribution in [0.15, 0.2) is 30.4 Å². The topological polar surface area (TPSA) is 57.6 Å². The Morgan fingerprint density at radius 3 is 2.27 bits per heavy atom. The molecule has 6 heteroatoms. The molecule has 1 fully saturated rings. The number of nitrogens with zero attached hydrogens (tertiary/aromatic N) is 1. The fourth-order valence-electron chi connectivity index (χ4n) is 3.09. The predicted molar refractivity (Wildman–Crippen MR) is 73.4 cm³/mol. The molecule has 1 N–H and O–H groups in total. The maximum absolute atomic E-state index is 13.7. The van der Waals surface area contributed by atoms with Crippen molar-refractivity contribution in [3.8, 4) is 0 Å². The van der Waals surface area contributed by atoms with Crippen LogP contribution in [0.1, 0.15) is 24.5 Å². The zero-order valence-corrected chi connectivity index (χ0v) is 11.7. The Morgan fingerprint density at radius 2 is 1.73 bits per heavy atom. The number of hydrogen-bond donors (Lipinski definition) is 1. The molecule has 0 spiro atoms. The molecular formula is C16H15F2NO3. The van der Waals surface area contributed by atoms with Crippen LogP contribution in [0.4, 0.5) is 8.78 Å². The van der Waals surface area contributed by atoms with Gasteiger partial charge in [-0.3, -0.25) is 14.5 Å². The van der Waals surface area contributed by atoms with Crippen LogP contribution >= 0.6 is 0 Å². The van der Waals surface area contributed by atoms with Gasteiger partial charge in [-0.25, -0.2) is 8.78 Å². The normalized spacial score (nSPS) is 25.5.